The van der Waals surface area contributed by atoms with Gasteiger partial charge < -0.3 is 4.90 Å². The molecule has 1 aliphatic heterocycles. The summed E-state index contributed by atoms with van der Waals surface area (Å²) >= 11 is 5.57. The van der Waals surface area contributed by atoms with Crippen molar-refractivity contribution in [1.29, 1.82) is 0 Å². The van der Waals surface area contributed by atoms with Gasteiger partial charge in [-0.25, -0.2) is 0 Å². The fraction of sp³-hybridized carbons (Fsp3) is 0.500. The number of carbonyl (C=O) groups is 1. The first-order chi connectivity index (χ1) is 8.20. The van der Waals surface area contributed by atoms with Crippen molar-refractivity contribution in [3.8, 4) is 0 Å². The lowest BCUT2D eigenvalue weighted by atomic mass is 9.89. The molecule has 1 heterocycles. The lowest BCUT2D eigenvalue weighted by Gasteiger charge is -2.32. The molecular weight excluding hydrogens is 234 g/mol. The molecule has 0 bridgehead atoms. The number of likely N-dealkylation sites (tertiary alicyclic amines) is 1. The van der Waals surface area contributed by atoms with Crippen LogP contribution in [0.25, 0.3) is 0 Å². The number of aryl methyl sites for hydroxylation is 1. The minimum atomic E-state index is 0.0642. The molecule has 1 aromatic rings. The minimum absolute atomic E-state index is 0.0642. The average molecular weight is 252 g/mol. The molecule has 0 spiro atoms. The van der Waals surface area contributed by atoms with E-state index in [9.17, 15) is 4.79 Å². The van der Waals surface area contributed by atoms with E-state index in [1.165, 1.54) is 11.1 Å². The Labute approximate surface area is 108 Å². The van der Waals surface area contributed by atoms with Crippen molar-refractivity contribution < 1.29 is 4.79 Å². The highest BCUT2D eigenvalue weighted by molar-refractivity contribution is 6.27. The number of nitrogens with zero attached hydrogens (tertiary/aromatic N) is 1. The zero-order chi connectivity index (χ0) is 12.3. The first kappa shape index (κ1) is 12.4. The van der Waals surface area contributed by atoms with Crippen LogP contribution in [0.15, 0.2) is 24.3 Å². The molecule has 92 valence electrons. The Morgan fingerprint density at radius 2 is 2.12 bits per heavy atom. The van der Waals surface area contributed by atoms with Gasteiger partial charge in [-0.05, 0) is 31.2 Å². The second-order valence-corrected chi connectivity index (χ2v) is 4.97. The van der Waals surface area contributed by atoms with Gasteiger partial charge in [0.2, 0.25) is 5.91 Å². The van der Waals surface area contributed by atoms with E-state index in [2.05, 4.69) is 31.2 Å². The van der Waals surface area contributed by atoms with Gasteiger partial charge in [-0.3, -0.25) is 4.79 Å². The first-order valence-corrected chi connectivity index (χ1v) is 6.64. The Balaban J connectivity index is 1.97. The van der Waals surface area contributed by atoms with E-state index in [4.69, 9.17) is 11.6 Å². The molecule has 1 amide bonds. The van der Waals surface area contributed by atoms with Crippen LogP contribution in [0.4, 0.5) is 0 Å². The van der Waals surface area contributed by atoms with Gasteiger partial charge in [0.15, 0.2) is 0 Å². The summed E-state index contributed by atoms with van der Waals surface area (Å²) in [4.78, 5) is 13.3. The van der Waals surface area contributed by atoms with E-state index >= 15 is 0 Å². The molecule has 0 N–H and O–H groups in total. The van der Waals surface area contributed by atoms with Crippen LogP contribution in [0.2, 0.25) is 0 Å². The second kappa shape index (κ2) is 5.54. The van der Waals surface area contributed by atoms with Gasteiger partial charge >= 0.3 is 0 Å². The smallest absolute Gasteiger partial charge is 0.237 e. The first-order valence-electron chi connectivity index (χ1n) is 6.11. The molecule has 2 nitrogen and oxygen atoms in total. The topological polar surface area (TPSA) is 20.3 Å². The van der Waals surface area contributed by atoms with E-state index in [0.29, 0.717) is 5.92 Å². The number of alkyl halides is 1. The summed E-state index contributed by atoms with van der Waals surface area (Å²) in [5, 5.41) is 0. The molecule has 1 aromatic carbocycles. The minimum Gasteiger partial charge on any atom is -0.342 e. The van der Waals surface area contributed by atoms with Crippen molar-refractivity contribution in [3.05, 3.63) is 35.4 Å². The van der Waals surface area contributed by atoms with Crippen LogP contribution in [-0.4, -0.2) is 29.8 Å². The van der Waals surface area contributed by atoms with Gasteiger partial charge in [0.1, 0.15) is 5.88 Å². The molecule has 0 aromatic heterocycles. The number of carbonyl (C=O) groups excluding carboxylic acids is 1. The van der Waals surface area contributed by atoms with Crippen LogP contribution in [0.5, 0.6) is 0 Å². The van der Waals surface area contributed by atoms with Crippen molar-refractivity contribution in [2.24, 2.45) is 0 Å². The molecule has 2 rings (SSSR count). The van der Waals surface area contributed by atoms with Crippen LogP contribution in [-0.2, 0) is 4.79 Å². The lowest BCUT2D eigenvalue weighted by molar-refractivity contribution is -0.129. The standard InChI is InChI=1S/C14H18ClNO/c1-11-3-2-4-13(9-11)12-5-7-16(8-6-12)14(17)10-15/h2-4,9,12H,5-8,10H2,1H3. The summed E-state index contributed by atoms with van der Waals surface area (Å²) in [6.07, 6.45) is 2.10. The Kier molecular flexibility index (Phi) is 4.06. The molecule has 0 aliphatic carbocycles. The highest BCUT2D eigenvalue weighted by Gasteiger charge is 2.23. The molecule has 0 unspecified atom stereocenters. The van der Waals surface area contributed by atoms with Crippen LogP contribution < -0.4 is 0 Å². The van der Waals surface area contributed by atoms with Crippen molar-refractivity contribution in [2.75, 3.05) is 19.0 Å². The number of amides is 1. The average Bonchev–Trinajstić information content (AvgIpc) is 2.38. The maximum atomic E-state index is 11.5. The molecule has 0 saturated carbocycles. The number of hydrogen-bond acceptors (Lipinski definition) is 1. The summed E-state index contributed by atoms with van der Waals surface area (Å²) in [5.74, 6) is 0.762. The monoisotopic (exact) mass is 251 g/mol. The summed E-state index contributed by atoms with van der Waals surface area (Å²) in [6, 6.07) is 8.68. The molecule has 1 saturated heterocycles. The summed E-state index contributed by atoms with van der Waals surface area (Å²) in [7, 11) is 0. The molecule has 3 heteroatoms. The van der Waals surface area contributed by atoms with E-state index in [0.717, 1.165) is 25.9 Å². The molecule has 0 radical (unpaired) electrons. The highest BCUT2D eigenvalue weighted by Crippen LogP contribution is 2.28. The quantitative estimate of drug-likeness (QED) is 0.740. The summed E-state index contributed by atoms with van der Waals surface area (Å²) < 4.78 is 0. The summed E-state index contributed by atoms with van der Waals surface area (Å²) in [5.41, 5.74) is 2.71. The van der Waals surface area contributed by atoms with Gasteiger partial charge in [0.25, 0.3) is 0 Å². The second-order valence-electron chi connectivity index (χ2n) is 4.70. The SMILES string of the molecule is Cc1cccc(C2CCN(C(=O)CCl)CC2)c1. The van der Waals surface area contributed by atoms with Crippen molar-refractivity contribution in [3.63, 3.8) is 0 Å². The third-order valence-corrected chi connectivity index (χ3v) is 3.70. The maximum absolute atomic E-state index is 11.5. The van der Waals surface area contributed by atoms with Gasteiger partial charge in [-0.2, -0.15) is 0 Å². The largest absolute Gasteiger partial charge is 0.342 e. The Bertz CT molecular complexity index is 397. The molecule has 0 atom stereocenters. The van der Waals surface area contributed by atoms with Crippen molar-refractivity contribution in [2.45, 2.75) is 25.7 Å². The van der Waals surface area contributed by atoms with Crippen LogP contribution in [0.1, 0.15) is 29.9 Å². The third-order valence-electron chi connectivity index (χ3n) is 3.48. The highest BCUT2D eigenvalue weighted by atomic mass is 35.5. The van der Waals surface area contributed by atoms with Crippen molar-refractivity contribution >= 4 is 17.5 Å². The van der Waals surface area contributed by atoms with E-state index in [1.54, 1.807) is 0 Å². The fourth-order valence-electron chi connectivity index (χ4n) is 2.47. The van der Waals surface area contributed by atoms with Gasteiger partial charge in [-0.1, -0.05) is 29.8 Å². The van der Waals surface area contributed by atoms with Crippen molar-refractivity contribution in [1.82, 2.24) is 4.90 Å². The summed E-state index contributed by atoms with van der Waals surface area (Å²) in [6.45, 7) is 3.80. The normalized spacial score (nSPS) is 17.2. The number of piperidine rings is 1. The number of rotatable bonds is 2. The number of halogens is 1. The Morgan fingerprint density at radius 1 is 1.41 bits per heavy atom. The van der Waals surface area contributed by atoms with Gasteiger partial charge in [0, 0.05) is 13.1 Å². The lowest BCUT2D eigenvalue weighted by Crippen LogP contribution is -2.38. The van der Waals surface area contributed by atoms with Gasteiger partial charge in [-0.15, -0.1) is 11.6 Å². The van der Waals surface area contributed by atoms with Crippen LogP contribution >= 0.6 is 11.6 Å². The van der Waals surface area contributed by atoms with E-state index in [1.807, 2.05) is 4.90 Å². The third kappa shape index (κ3) is 3.01. The number of hydrogen-bond donors (Lipinski definition) is 0. The fourth-order valence-corrected chi connectivity index (χ4v) is 2.64. The zero-order valence-corrected chi connectivity index (χ0v) is 10.9. The molecular formula is C14H18ClNO. The maximum Gasteiger partial charge on any atom is 0.237 e. The van der Waals surface area contributed by atoms with E-state index in [-0.39, 0.29) is 11.8 Å². The zero-order valence-electron chi connectivity index (χ0n) is 10.2. The predicted molar refractivity (Wildman–Crippen MR) is 70.5 cm³/mol. The van der Waals surface area contributed by atoms with Crippen LogP contribution in [0.3, 0.4) is 0 Å². The molecule has 1 aliphatic rings. The van der Waals surface area contributed by atoms with Crippen LogP contribution in [0, 0.1) is 6.92 Å². The Morgan fingerprint density at radius 3 is 2.71 bits per heavy atom. The molecule has 17 heavy (non-hydrogen) atoms. The Hall–Kier alpha value is -1.02. The van der Waals surface area contributed by atoms with Gasteiger partial charge in [0.05, 0.1) is 0 Å². The number of benzene rings is 1. The molecule has 1 fully saturated rings. The predicted octanol–water partition coefficient (Wildman–Crippen LogP) is 2.94. The van der Waals surface area contributed by atoms with E-state index < -0.39 is 0 Å².